The SMILES string of the molecule is C#CCN1CCC(c2[nH]nc(-c3ccccc3)c2-c2ccncc2)CC1. The molecule has 0 saturated carbocycles. The maximum Gasteiger partial charge on any atom is 0.100 e. The number of nitrogens with one attached hydrogen (secondary N) is 1. The largest absolute Gasteiger partial charge is 0.292 e. The number of nitrogens with zero attached hydrogens (tertiary/aromatic N) is 3. The van der Waals surface area contributed by atoms with E-state index >= 15 is 0 Å². The summed E-state index contributed by atoms with van der Waals surface area (Å²) < 4.78 is 0. The zero-order valence-corrected chi connectivity index (χ0v) is 14.7. The molecule has 1 aromatic carbocycles. The zero-order valence-electron chi connectivity index (χ0n) is 14.7. The molecule has 4 nitrogen and oxygen atoms in total. The first kappa shape index (κ1) is 16.6. The lowest BCUT2D eigenvalue weighted by Crippen LogP contribution is -2.33. The van der Waals surface area contributed by atoms with E-state index in [1.54, 1.807) is 0 Å². The molecule has 4 rings (SSSR count). The van der Waals surface area contributed by atoms with Crippen molar-refractivity contribution in [3.05, 3.63) is 60.6 Å². The predicted octanol–water partition coefficient (Wildman–Crippen LogP) is 3.95. The van der Waals surface area contributed by atoms with E-state index in [2.05, 4.69) is 57.3 Å². The van der Waals surface area contributed by atoms with E-state index in [4.69, 9.17) is 11.5 Å². The Labute approximate surface area is 154 Å². The molecule has 0 spiro atoms. The van der Waals surface area contributed by atoms with Crippen molar-refractivity contribution in [1.82, 2.24) is 20.1 Å². The highest BCUT2D eigenvalue weighted by Crippen LogP contribution is 2.39. The highest BCUT2D eigenvalue weighted by molar-refractivity contribution is 5.82. The first-order chi connectivity index (χ1) is 12.9. The fourth-order valence-electron chi connectivity index (χ4n) is 3.78. The Morgan fingerprint density at radius 3 is 2.46 bits per heavy atom. The van der Waals surface area contributed by atoms with Gasteiger partial charge in [-0.15, -0.1) is 6.42 Å². The van der Waals surface area contributed by atoms with Crippen LogP contribution in [-0.2, 0) is 0 Å². The van der Waals surface area contributed by atoms with E-state index in [9.17, 15) is 0 Å². The van der Waals surface area contributed by atoms with E-state index in [0.29, 0.717) is 5.92 Å². The van der Waals surface area contributed by atoms with Crippen molar-refractivity contribution in [2.75, 3.05) is 19.6 Å². The quantitative estimate of drug-likeness (QED) is 0.730. The molecule has 4 heteroatoms. The van der Waals surface area contributed by atoms with Gasteiger partial charge in [0, 0.05) is 35.1 Å². The number of rotatable bonds is 4. The fourth-order valence-corrected chi connectivity index (χ4v) is 3.78. The van der Waals surface area contributed by atoms with E-state index in [-0.39, 0.29) is 0 Å². The Balaban J connectivity index is 1.72. The lowest BCUT2D eigenvalue weighted by molar-refractivity contribution is 0.234. The fraction of sp³-hybridized carbons (Fsp3) is 0.273. The average molecular weight is 342 g/mol. The van der Waals surface area contributed by atoms with Crippen LogP contribution in [0.3, 0.4) is 0 Å². The van der Waals surface area contributed by atoms with Crippen LogP contribution in [-0.4, -0.2) is 39.7 Å². The van der Waals surface area contributed by atoms with E-state index < -0.39 is 0 Å². The third-order valence-electron chi connectivity index (χ3n) is 5.12. The van der Waals surface area contributed by atoms with Gasteiger partial charge in [-0.1, -0.05) is 36.3 Å². The molecular weight excluding hydrogens is 320 g/mol. The zero-order chi connectivity index (χ0) is 17.8. The van der Waals surface area contributed by atoms with Crippen LogP contribution in [0.2, 0.25) is 0 Å². The van der Waals surface area contributed by atoms with Crippen molar-refractivity contribution in [2.45, 2.75) is 18.8 Å². The molecule has 1 aliphatic heterocycles. The Morgan fingerprint density at radius 2 is 1.77 bits per heavy atom. The number of H-pyrrole nitrogens is 1. The van der Waals surface area contributed by atoms with Crippen LogP contribution < -0.4 is 0 Å². The van der Waals surface area contributed by atoms with Gasteiger partial charge in [0.2, 0.25) is 0 Å². The molecule has 3 aromatic rings. The number of pyridine rings is 1. The second kappa shape index (κ2) is 7.55. The Morgan fingerprint density at radius 1 is 1.04 bits per heavy atom. The van der Waals surface area contributed by atoms with Gasteiger partial charge in [-0.25, -0.2) is 0 Å². The van der Waals surface area contributed by atoms with Gasteiger partial charge in [-0.3, -0.25) is 15.0 Å². The summed E-state index contributed by atoms with van der Waals surface area (Å²) in [6, 6.07) is 14.5. The highest BCUT2D eigenvalue weighted by Gasteiger charge is 2.26. The van der Waals surface area contributed by atoms with Gasteiger partial charge in [0.15, 0.2) is 0 Å². The molecule has 130 valence electrons. The first-order valence-electron chi connectivity index (χ1n) is 9.06. The van der Waals surface area contributed by atoms with Crippen molar-refractivity contribution in [3.63, 3.8) is 0 Å². The average Bonchev–Trinajstić information content (AvgIpc) is 3.15. The van der Waals surface area contributed by atoms with Crippen LogP contribution in [0.15, 0.2) is 54.9 Å². The molecular formula is C22H22N4. The molecule has 1 aliphatic rings. The van der Waals surface area contributed by atoms with Gasteiger partial charge in [-0.2, -0.15) is 5.10 Å². The first-order valence-corrected chi connectivity index (χ1v) is 9.06. The second-order valence-electron chi connectivity index (χ2n) is 6.72. The summed E-state index contributed by atoms with van der Waals surface area (Å²) in [7, 11) is 0. The lowest BCUT2D eigenvalue weighted by atomic mass is 9.88. The van der Waals surface area contributed by atoms with Crippen LogP contribution in [0.1, 0.15) is 24.5 Å². The highest BCUT2D eigenvalue weighted by atomic mass is 15.1. The van der Waals surface area contributed by atoms with Crippen LogP contribution in [0.25, 0.3) is 22.4 Å². The summed E-state index contributed by atoms with van der Waals surface area (Å²) in [5.74, 6) is 3.22. The number of benzene rings is 1. The van der Waals surface area contributed by atoms with Gasteiger partial charge in [0.25, 0.3) is 0 Å². The van der Waals surface area contributed by atoms with Crippen LogP contribution in [0.4, 0.5) is 0 Å². The summed E-state index contributed by atoms with van der Waals surface area (Å²) in [5, 5.41) is 8.06. The van der Waals surface area contributed by atoms with Crippen molar-refractivity contribution in [1.29, 1.82) is 0 Å². The van der Waals surface area contributed by atoms with Crippen LogP contribution >= 0.6 is 0 Å². The lowest BCUT2D eigenvalue weighted by Gasteiger charge is -2.30. The van der Waals surface area contributed by atoms with Crippen LogP contribution in [0.5, 0.6) is 0 Å². The predicted molar refractivity (Wildman–Crippen MR) is 105 cm³/mol. The Bertz CT molecular complexity index is 885. The summed E-state index contributed by atoms with van der Waals surface area (Å²) >= 11 is 0. The minimum absolute atomic E-state index is 0.470. The molecule has 0 amide bonds. The van der Waals surface area contributed by atoms with Gasteiger partial charge in [0.1, 0.15) is 5.69 Å². The molecule has 1 saturated heterocycles. The van der Waals surface area contributed by atoms with Gasteiger partial charge in [0.05, 0.1) is 6.54 Å². The van der Waals surface area contributed by atoms with Crippen molar-refractivity contribution < 1.29 is 0 Å². The van der Waals surface area contributed by atoms with Crippen LogP contribution in [0, 0.1) is 12.3 Å². The van der Waals surface area contributed by atoms with Crippen molar-refractivity contribution in [3.8, 4) is 34.7 Å². The monoisotopic (exact) mass is 342 g/mol. The van der Waals surface area contributed by atoms with Crippen molar-refractivity contribution in [2.24, 2.45) is 0 Å². The molecule has 1 fully saturated rings. The molecule has 3 heterocycles. The summed E-state index contributed by atoms with van der Waals surface area (Å²) in [5.41, 5.74) is 5.74. The number of piperidine rings is 1. The van der Waals surface area contributed by atoms with Gasteiger partial charge >= 0.3 is 0 Å². The topological polar surface area (TPSA) is 44.8 Å². The molecule has 0 atom stereocenters. The second-order valence-corrected chi connectivity index (χ2v) is 6.72. The standard InChI is InChI=1S/C22H22N4/c1-2-14-26-15-10-19(11-16-26)22-20(17-8-12-23-13-9-17)21(24-25-22)18-6-4-3-5-7-18/h1,3-9,12-13,19H,10-11,14-16H2,(H,24,25). The Kier molecular flexibility index (Phi) is 4.81. The minimum atomic E-state index is 0.470. The molecule has 0 radical (unpaired) electrons. The molecule has 26 heavy (non-hydrogen) atoms. The van der Waals surface area contributed by atoms with E-state index in [0.717, 1.165) is 49.3 Å². The number of likely N-dealkylation sites (tertiary alicyclic amines) is 1. The molecule has 0 aliphatic carbocycles. The molecule has 2 aromatic heterocycles. The number of aromatic nitrogens is 3. The van der Waals surface area contributed by atoms with Crippen molar-refractivity contribution >= 4 is 0 Å². The van der Waals surface area contributed by atoms with E-state index in [1.807, 2.05) is 18.5 Å². The van der Waals surface area contributed by atoms with Gasteiger partial charge < -0.3 is 0 Å². The maximum absolute atomic E-state index is 5.46. The number of terminal acetylenes is 1. The number of aromatic amines is 1. The summed E-state index contributed by atoms with van der Waals surface area (Å²) in [4.78, 5) is 6.52. The number of hydrogen-bond acceptors (Lipinski definition) is 3. The summed E-state index contributed by atoms with van der Waals surface area (Å²) in [6.45, 7) is 2.80. The maximum atomic E-state index is 5.46. The third-order valence-corrected chi connectivity index (χ3v) is 5.12. The Hall–Kier alpha value is -2.90. The van der Waals surface area contributed by atoms with Gasteiger partial charge in [-0.05, 0) is 43.6 Å². The molecule has 0 bridgehead atoms. The third kappa shape index (κ3) is 3.26. The normalized spacial score (nSPS) is 15.7. The summed E-state index contributed by atoms with van der Waals surface area (Å²) in [6.07, 6.45) is 11.3. The van der Waals surface area contributed by atoms with E-state index in [1.165, 1.54) is 11.3 Å². The molecule has 1 N–H and O–H groups in total. The smallest absolute Gasteiger partial charge is 0.100 e. The molecule has 0 unspecified atom stereocenters. The minimum Gasteiger partial charge on any atom is -0.292 e. The number of hydrogen-bond donors (Lipinski definition) is 1.